The predicted octanol–water partition coefficient (Wildman–Crippen LogP) is 5.38. The van der Waals surface area contributed by atoms with E-state index in [1.165, 1.54) is 0 Å². The van der Waals surface area contributed by atoms with E-state index in [0.717, 1.165) is 24.0 Å². The Morgan fingerprint density at radius 3 is 2.33 bits per heavy atom. The molecule has 4 fully saturated rings. The molecule has 252 valence electrons. The molecule has 1 saturated heterocycles. The average molecular weight is 651 g/mol. The summed E-state index contributed by atoms with van der Waals surface area (Å²) in [5, 5.41) is 8.85. The minimum atomic E-state index is -1.09. The molecule has 0 radical (unpaired) electrons. The zero-order chi connectivity index (χ0) is 34.2. The molecule has 4 aliphatic rings. The van der Waals surface area contributed by atoms with E-state index in [9.17, 15) is 14.4 Å². The molecule has 2 aromatic carbocycles. The van der Waals surface area contributed by atoms with Crippen molar-refractivity contribution in [3.63, 3.8) is 0 Å². The van der Waals surface area contributed by atoms with E-state index >= 15 is 0 Å². The highest BCUT2D eigenvalue weighted by Gasteiger charge is 2.68. The molecule has 2 heterocycles. The van der Waals surface area contributed by atoms with Gasteiger partial charge in [0.15, 0.2) is 0 Å². The van der Waals surface area contributed by atoms with Gasteiger partial charge in [0.1, 0.15) is 11.7 Å². The Kier molecular flexibility index (Phi) is 9.51. The van der Waals surface area contributed by atoms with Crippen LogP contribution in [-0.2, 0) is 14.1 Å². The molecule has 3 amide bonds. The van der Waals surface area contributed by atoms with Gasteiger partial charge in [0.25, 0.3) is 11.8 Å². The molecule has 9 nitrogen and oxygen atoms in total. The first kappa shape index (κ1) is 33.9. The summed E-state index contributed by atoms with van der Waals surface area (Å²) in [5.74, 6) is -0.523. The Morgan fingerprint density at radius 1 is 0.917 bits per heavy atom. The number of benzene rings is 2. The van der Waals surface area contributed by atoms with Crippen LogP contribution in [-0.4, -0.2) is 60.1 Å². The second-order valence-electron chi connectivity index (χ2n) is 15.0. The number of aromatic nitrogens is 1. The number of amides is 3. The number of hydrogen-bond acceptors (Lipinski definition) is 6. The van der Waals surface area contributed by atoms with Crippen molar-refractivity contribution in [3.8, 4) is 11.3 Å². The largest absolute Gasteiger partial charge is 0.481 e. The first-order chi connectivity index (χ1) is 22.8. The van der Waals surface area contributed by atoms with Crippen molar-refractivity contribution in [2.75, 3.05) is 6.54 Å². The first-order valence-corrected chi connectivity index (χ1v) is 17.2. The van der Waals surface area contributed by atoms with Crippen molar-refractivity contribution in [3.05, 3.63) is 89.6 Å². The second kappa shape index (κ2) is 13.5. The molecule has 3 saturated carbocycles. The molecule has 10 heteroatoms. The highest BCUT2D eigenvalue weighted by atomic mass is 16.7. The van der Waals surface area contributed by atoms with E-state index in [1.54, 1.807) is 24.3 Å². The fraction of sp³-hybridized carbons (Fsp3) is 0.474. The van der Waals surface area contributed by atoms with Gasteiger partial charge < -0.3 is 25.3 Å². The van der Waals surface area contributed by atoms with Gasteiger partial charge >= 0.3 is 7.12 Å². The van der Waals surface area contributed by atoms with Crippen LogP contribution in [0.15, 0.2) is 72.8 Å². The summed E-state index contributed by atoms with van der Waals surface area (Å²) in [6, 6.07) is 20.9. The number of carbonyl (C=O) groups is 3. The molecular formula is C38H47BN4O5. The van der Waals surface area contributed by atoms with Crippen LogP contribution in [0.3, 0.4) is 0 Å². The maximum atomic E-state index is 14.1. The third kappa shape index (κ3) is 6.78. The fourth-order valence-corrected chi connectivity index (χ4v) is 7.87. The van der Waals surface area contributed by atoms with Crippen LogP contribution in [0.2, 0.25) is 0 Å². The minimum Gasteiger partial charge on any atom is -0.404 e. The van der Waals surface area contributed by atoms with Gasteiger partial charge in [-0.2, -0.15) is 0 Å². The van der Waals surface area contributed by atoms with Gasteiger partial charge in [0.2, 0.25) is 5.91 Å². The predicted molar refractivity (Wildman–Crippen MR) is 186 cm³/mol. The third-order valence-electron chi connectivity index (χ3n) is 10.8. The van der Waals surface area contributed by atoms with Crippen LogP contribution in [0, 0.1) is 30.1 Å². The Morgan fingerprint density at radius 2 is 1.65 bits per heavy atom. The summed E-state index contributed by atoms with van der Waals surface area (Å²) in [4.78, 5) is 45.4. The second-order valence-corrected chi connectivity index (χ2v) is 15.0. The summed E-state index contributed by atoms with van der Waals surface area (Å²) in [6.45, 7) is 12.8. The summed E-state index contributed by atoms with van der Waals surface area (Å²) >= 11 is 0. The minimum absolute atomic E-state index is 0.0295. The third-order valence-corrected chi connectivity index (χ3v) is 10.8. The lowest BCUT2D eigenvalue weighted by molar-refractivity contribution is -0.199. The molecule has 0 spiro atoms. The Bertz CT molecular complexity index is 1650. The van der Waals surface area contributed by atoms with E-state index in [4.69, 9.17) is 9.31 Å². The number of aryl methyl sites for hydroxylation is 1. The average Bonchev–Trinajstić information content (AvgIpc) is 3.44. The zero-order valence-corrected chi connectivity index (χ0v) is 28.8. The molecule has 2 bridgehead atoms. The van der Waals surface area contributed by atoms with Crippen molar-refractivity contribution in [2.45, 2.75) is 84.5 Å². The van der Waals surface area contributed by atoms with Crippen LogP contribution < -0.4 is 16.0 Å². The number of nitrogens with zero attached hydrogens (tertiary/aromatic N) is 1. The summed E-state index contributed by atoms with van der Waals surface area (Å²) in [5.41, 5.74) is 2.94. The molecule has 0 unspecified atom stereocenters. The van der Waals surface area contributed by atoms with E-state index in [0.29, 0.717) is 29.5 Å². The summed E-state index contributed by atoms with van der Waals surface area (Å²) in [6.07, 6.45) is 2.66. The number of nitrogens with one attached hydrogen (secondary N) is 3. The zero-order valence-electron chi connectivity index (χ0n) is 28.8. The normalized spacial score (nSPS) is 25.0. The molecule has 3 aliphatic carbocycles. The van der Waals surface area contributed by atoms with Gasteiger partial charge in [-0.25, -0.2) is 4.98 Å². The highest BCUT2D eigenvalue weighted by molar-refractivity contribution is 6.48. The number of pyridine rings is 1. The maximum absolute atomic E-state index is 14.1. The van der Waals surface area contributed by atoms with E-state index in [2.05, 4.69) is 55.6 Å². The number of hydrogen-bond donors (Lipinski definition) is 3. The van der Waals surface area contributed by atoms with Gasteiger partial charge in [0.05, 0.1) is 23.3 Å². The number of carbonyl (C=O) groups excluding carboxylic acids is 3. The molecule has 6 atom stereocenters. The quantitative estimate of drug-likeness (QED) is 0.240. The van der Waals surface area contributed by atoms with Gasteiger partial charge in [-0.15, -0.1) is 0 Å². The van der Waals surface area contributed by atoms with Crippen LogP contribution >= 0.6 is 0 Å². The van der Waals surface area contributed by atoms with Gasteiger partial charge in [-0.3, -0.25) is 14.4 Å². The van der Waals surface area contributed by atoms with Crippen molar-refractivity contribution in [1.29, 1.82) is 0 Å². The van der Waals surface area contributed by atoms with E-state index in [1.807, 2.05) is 55.5 Å². The van der Waals surface area contributed by atoms with Crippen molar-refractivity contribution >= 4 is 24.8 Å². The Labute approximate surface area is 284 Å². The van der Waals surface area contributed by atoms with Crippen LogP contribution in [0.25, 0.3) is 11.3 Å². The van der Waals surface area contributed by atoms with Crippen LogP contribution in [0.1, 0.15) is 80.3 Å². The molecule has 3 N–H and O–H groups in total. The Hall–Kier alpha value is -4.02. The SMILES string of the molecule is Cc1ccc(C(=O)NC[C@H](NC(=O)c2cccc(-c3ccccc3)n2)C(=O)N[C@@H](CC(C)C)B2O[C@@H]3C[C@H]4C[C@H](C4(C)C)[C@]3(C)O2)cc1. The van der Waals surface area contributed by atoms with E-state index in [-0.39, 0.29) is 35.6 Å². The number of rotatable bonds is 11. The van der Waals surface area contributed by atoms with E-state index < -0.39 is 36.5 Å². The molecule has 48 heavy (non-hydrogen) atoms. The lowest BCUT2D eigenvalue weighted by atomic mass is 9.43. The molecule has 7 rings (SSSR count). The standard InChI is InChI=1S/C38H47BN4O5/c1-23(2)19-33(39-47-32-21-27-20-31(37(27,4)5)38(32,6)48-39)43-36(46)30(22-40-34(44)26-17-15-24(3)16-18-26)42-35(45)29-14-10-13-28(41-29)25-11-8-7-9-12-25/h7-18,23,27,30-33H,19-22H2,1-6H3,(H,40,44)(H,42,45)(H,43,46)/t27-,30+,31-,32-,33+,38+/m1/s1. The van der Waals surface area contributed by atoms with Gasteiger partial charge in [-0.1, -0.05) is 81.8 Å². The van der Waals surface area contributed by atoms with Crippen molar-refractivity contribution in [1.82, 2.24) is 20.9 Å². The smallest absolute Gasteiger partial charge is 0.404 e. The van der Waals surface area contributed by atoms with Crippen molar-refractivity contribution < 1.29 is 23.7 Å². The maximum Gasteiger partial charge on any atom is 0.481 e. The molecule has 3 aromatic rings. The van der Waals surface area contributed by atoms with Crippen LogP contribution in [0.4, 0.5) is 0 Å². The Balaban J connectivity index is 1.21. The summed E-state index contributed by atoms with van der Waals surface area (Å²) < 4.78 is 13.3. The lowest BCUT2D eigenvalue weighted by Gasteiger charge is -2.64. The first-order valence-electron chi connectivity index (χ1n) is 17.2. The molecule has 1 aliphatic heterocycles. The fourth-order valence-electron chi connectivity index (χ4n) is 7.87. The highest BCUT2D eigenvalue weighted by Crippen LogP contribution is 2.65. The summed E-state index contributed by atoms with van der Waals surface area (Å²) in [7, 11) is -0.621. The van der Waals surface area contributed by atoms with Gasteiger partial charge in [-0.05, 0) is 80.5 Å². The lowest BCUT2D eigenvalue weighted by Crippen LogP contribution is -2.65. The molecular weight excluding hydrogens is 603 g/mol. The molecule has 1 aromatic heterocycles. The van der Waals surface area contributed by atoms with Crippen molar-refractivity contribution in [2.24, 2.45) is 23.2 Å². The van der Waals surface area contributed by atoms with Crippen LogP contribution in [0.5, 0.6) is 0 Å². The topological polar surface area (TPSA) is 119 Å². The monoisotopic (exact) mass is 650 g/mol. The van der Waals surface area contributed by atoms with Gasteiger partial charge in [0, 0.05) is 17.7 Å².